The summed E-state index contributed by atoms with van der Waals surface area (Å²) in [6, 6.07) is 8.49. The number of benzene rings is 1. The monoisotopic (exact) mass is 348 g/mol. The largest absolute Gasteiger partial charge is 0.328 e. The topological polar surface area (TPSA) is 9.23 Å². The molecule has 1 atom stereocenters. The first-order chi connectivity index (χ1) is 11.3. The first kappa shape index (κ1) is 21.1. The summed E-state index contributed by atoms with van der Waals surface area (Å²) in [6.45, 7) is 21.8. The van der Waals surface area contributed by atoms with Crippen molar-refractivity contribution >= 4 is 16.4 Å². The van der Waals surface area contributed by atoms with Crippen molar-refractivity contribution in [2.45, 2.75) is 76.2 Å². The van der Waals surface area contributed by atoms with Gasteiger partial charge in [0.25, 0.3) is 0 Å². The highest BCUT2D eigenvalue weighted by molar-refractivity contribution is 8.31. The zero-order valence-corrected chi connectivity index (χ0v) is 17.2. The van der Waals surface area contributed by atoms with E-state index in [4.69, 9.17) is 4.18 Å². The highest BCUT2D eigenvalue weighted by Gasteiger charge is 2.38. The molecule has 1 rings (SSSR count). The summed E-state index contributed by atoms with van der Waals surface area (Å²) < 4.78 is 7.04. The predicted molar refractivity (Wildman–Crippen MR) is 113 cm³/mol. The fourth-order valence-electron chi connectivity index (χ4n) is 3.68. The molecule has 0 N–H and O–H groups in total. The Morgan fingerprint density at radius 1 is 0.958 bits per heavy atom. The molecule has 0 heterocycles. The summed E-state index contributed by atoms with van der Waals surface area (Å²) >= 11 is 0. The lowest BCUT2D eigenvalue weighted by Gasteiger charge is -2.52. The summed E-state index contributed by atoms with van der Waals surface area (Å²) in [4.78, 5) is 0. The molecule has 1 unspecified atom stereocenters. The van der Waals surface area contributed by atoms with Crippen LogP contribution in [0.3, 0.4) is 0 Å². The lowest BCUT2D eigenvalue weighted by atomic mass is 9.99. The quantitative estimate of drug-likeness (QED) is 0.403. The predicted octanol–water partition coefficient (Wildman–Crippen LogP) is 7.30. The van der Waals surface area contributed by atoms with Gasteiger partial charge in [0, 0.05) is 15.7 Å². The molecular formula is C22H36OS. The third-order valence-corrected chi connectivity index (χ3v) is 9.68. The van der Waals surface area contributed by atoms with Crippen molar-refractivity contribution in [2.75, 3.05) is 0 Å². The van der Waals surface area contributed by atoms with Gasteiger partial charge in [-0.15, -0.1) is 16.9 Å². The SMILES string of the molecule is C=CCCC(OS(C(C)C)(C(C)C)C(C)C)c1ccccc1C=C. The van der Waals surface area contributed by atoms with E-state index in [2.05, 4.69) is 79.0 Å². The molecule has 1 nitrogen and oxygen atoms in total. The molecule has 0 aromatic heterocycles. The van der Waals surface area contributed by atoms with E-state index >= 15 is 0 Å². The first-order valence-corrected chi connectivity index (χ1v) is 10.9. The van der Waals surface area contributed by atoms with Crippen molar-refractivity contribution in [1.29, 1.82) is 0 Å². The molecule has 0 saturated carbocycles. The smallest absolute Gasteiger partial charge is 0.0959 e. The Labute approximate surface area is 151 Å². The zero-order valence-electron chi connectivity index (χ0n) is 16.4. The molecule has 0 amide bonds. The average molecular weight is 349 g/mol. The normalized spacial score (nSPS) is 14.2. The van der Waals surface area contributed by atoms with Crippen molar-refractivity contribution < 1.29 is 4.18 Å². The van der Waals surface area contributed by atoms with Crippen LogP contribution in [-0.2, 0) is 4.18 Å². The number of hydrogen-bond donors (Lipinski definition) is 0. The van der Waals surface area contributed by atoms with Crippen LogP contribution in [-0.4, -0.2) is 15.7 Å². The number of allylic oxidation sites excluding steroid dienone is 1. The second-order valence-electron chi connectivity index (χ2n) is 7.13. The average Bonchev–Trinajstić information content (AvgIpc) is 2.54. The highest BCUT2D eigenvalue weighted by atomic mass is 32.3. The van der Waals surface area contributed by atoms with Gasteiger partial charge in [-0.3, -0.25) is 0 Å². The minimum Gasteiger partial charge on any atom is -0.328 e. The van der Waals surface area contributed by atoms with Gasteiger partial charge in [-0.1, -0.05) is 84.5 Å². The van der Waals surface area contributed by atoms with Gasteiger partial charge < -0.3 is 4.18 Å². The first-order valence-electron chi connectivity index (χ1n) is 9.11. The summed E-state index contributed by atoms with van der Waals surface area (Å²) in [5.74, 6) is 0. The highest BCUT2D eigenvalue weighted by Crippen LogP contribution is 2.64. The summed E-state index contributed by atoms with van der Waals surface area (Å²) in [5.41, 5.74) is 2.43. The van der Waals surface area contributed by atoms with E-state index in [1.165, 1.54) is 11.1 Å². The van der Waals surface area contributed by atoms with Crippen LogP contribution in [0.1, 0.15) is 71.6 Å². The van der Waals surface area contributed by atoms with Gasteiger partial charge in [0.1, 0.15) is 0 Å². The van der Waals surface area contributed by atoms with Crippen LogP contribution in [0.15, 0.2) is 43.5 Å². The molecule has 0 aliphatic carbocycles. The molecule has 0 aliphatic rings. The van der Waals surface area contributed by atoms with E-state index in [0.717, 1.165) is 12.8 Å². The number of hydrogen-bond acceptors (Lipinski definition) is 1. The second kappa shape index (κ2) is 9.48. The van der Waals surface area contributed by atoms with Crippen molar-refractivity contribution in [3.8, 4) is 0 Å². The van der Waals surface area contributed by atoms with Gasteiger partial charge in [-0.05, 0) is 24.0 Å². The van der Waals surface area contributed by atoms with E-state index < -0.39 is 10.3 Å². The molecule has 2 heteroatoms. The Morgan fingerprint density at radius 3 is 1.96 bits per heavy atom. The van der Waals surface area contributed by atoms with Crippen molar-refractivity contribution in [1.82, 2.24) is 0 Å². The maximum atomic E-state index is 7.04. The van der Waals surface area contributed by atoms with Gasteiger partial charge in [0.05, 0.1) is 6.10 Å². The van der Waals surface area contributed by atoms with Crippen LogP contribution in [0.25, 0.3) is 6.08 Å². The molecule has 0 radical (unpaired) electrons. The second-order valence-corrected chi connectivity index (χ2v) is 11.5. The Balaban J connectivity index is 3.33. The van der Waals surface area contributed by atoms with Crippen LogP contribution in [0, 0.1) is 0 Å². The van der Waals surface area contributed by atoms with Gasteiger partial charge in [-0.25, -0.2) is 0 Å². The minimum absolute atomic E-state index is 0.0967. The van der Waals surface area contributed by atoms with Crippen LogP contribution in [0.2, 0.25) is 0 Å². The van der Waals surface area contributed by atoms with Crippen molar-refractivity contribution in [3.05, 3.63) is 54.6 Å². The van der Waals surface area contributed by atoms with Gasteiger partial charge in [0.2, 0.25) is 0 Å². The Bertz CT molecular complexity index is 509. The maximum absolute atomic E-state index is 7.04. The van der Waals surface area contributed by atoms with Gasteiger partial charge in [-0.2, -0.15) is 0 Å². The lowest BCUT2D eigenvalue weighted by molar-refractivity contribution is 0.216. The molecule has 0 bridgehead atoms. The van der Waals surface area contributed by atoms with E-state index in [1.54, 1.807) is 0 Å². The minimum atomic E-state index is -1.22. The number of rotatable bonds is 10. The molecule has 0 saturated heterocycles. The van der Waals surface area contributed by atoms with Crippen LogP contribution in [0.5, 0.6) is 0 Å². The fraction of sp³-hybridized carbons (Fsp3) is 0.545. The van der Waals surface area contributed by atoms with Gasteiger partial charge in [0.15, 0.2) is 0 Å². The standard InChI is InChI=1S/C22H36OS/c1-9-11-16-22(21-15-13-12-14-20(21)10-2)23-24(17(3)4,18(5)6)19(7)8/h9-10,12-15,17-19,22H,1-2,11,16H2,3-8H3. The molecule has 0 spiro atoms. The Morgan fingerprint density at radius 2 is 1.50 bits per heavy atom. The molecule has 136 valence electrons. The van der Waals surface area contributed by atoms with E-state index in [-0.39, 0.29) is 6.10 Å². The Kier molecular flexibility index (Phi) is 8.32. The summed E-state index contributed by atoms with van der Waals surface area (Å²) in [7, 11) is -1.22. The lowest BCUT2D eigenvalue weighted by Crippen LogP contribution is -2.32. The van der Waals surface area contributed by atoms with Crippen LogP contribution < -0.4 is 0 Å². The molecular weight excluding hydrogens is 312 g/mol. The summed E-state index contributed by atoms with van der Waals surface area (Å²) in [5, 5.41) is 1.58. The fourth-order valence-corrected chi connectivity index (χ4v) is 8.22. The molecule has 0 aliphatic heterocycles. The van der Waals surface area contributed by atoms with E-state index in [0.29, 0.717) is 15.7 Å². The maximum Gasteiger partial charge on any atom is 0.0959 e. The van der Waals surface area contributed by atoms with Crippen molar-refractivity contribution in [3.63, 3.8) is 0 Å². The van der Waals surface area contributed by atoms with Crippen molar-refractivity contribution in [2.24, 2.45) is 0 Å². The van der Waals surface area contributed by atoms with E-state index in [1.807, 2.05) is 12.2 Å². The van der Waals surface area contributed by atoms with Crippen LogP contribution in [0.4, 0.5) is 0 Å². The third-order valence-electron chi connectivity index (χ3n) is 4.69. The Hall–Kier alpha value is -0.990. The molecule has 1 aromatic carbocycles. The molecule has 1 aromatic rings. The van der Waals surface area contributed by atoms with Gasteiger partial charge >= 0.3 is 0 Å². The molecule has 24 heavy (non-hydrogen) atoms. The summed E-state index contributed by atoms with van der Waals surface area (Å²) in [6.07, 6.45) is 5.95. The van der Waals surface area contributed by atoms with Crippen LogP contribution >= 0.6 is 10.3 Å². The van der Waals surface area contributed by atoms with E-state index in [9.17, 15) is 0 Å². The zero-order chi connectivity index (χ0) is 18.3. The third kappa shape index (κ3) is 4.55. The molecule has 0 fully saturated rings.